The summed E-state index contributed by atoms with van der Waals surface area (Å²) in [6.45, 7) is -0.0556. The molecule has 7 nitrogen and oxygen atoms in total. The summed E-state index contributed by atoms with van der Waals surface area (Å²) in [4.78, 5) is 32.9. The number of carboxylic acids is 1. The molecule has 1 aliphatic rings. The lowest BCUT2D eigenvalue weighted by Crippen LogP contribution is -2.33. The molecule has 1 aliphatic carbocycles. The van der Waals surface area contributed by atoms with Gasteiger partial charge in [0.25, 0.3) is 0 Å². The maximum absolute atomic E-state index is 11.1. The number of hydrogen-bond donors (Lipinski definition) is 3. The van der Waals surface area contributed by atoms with Gasteiger partial charge in [0.2, 0.25) is 0 Å². The van der Waals surface area contributed by atoms with Crippen LogP contribution in [0, 0.1) is 5.41 Å². The van der Waals surface area contributed by atoms with Crippen LogP contribution in [0.1, 0.15) is 12.8 Å². The lowest BCUT2D eigenvalue weighted by atomic mass is 10.1. The molecule has 3 N–H and O–H groups in total. The molecule has 1 aromatic heterocycles. The predicted octanol–water partition coefficient (Wildman–Crippen LogP) is -1.27. The van der Waals surface area contributed by atoms with Crippen LogP contribution in [0.2, 0.25) is 0 Å². The molecule has 7 heteroatoms. The Labute approximate surface area is 77.4 Å². The van der Waals surface area contributed by atoms with Crippen molar-refractivity contribution in [3.8, 4) is 0 Å². The lowest BCUT2D eigenvalue weighted by molar-refractivity contribution is -0.143. The molecule has 0 atom stereocenters. The van der Waals surface area contributed by atoms with Crippen LogP contribution in [0.15, 0.2) is 9.59 Å². The first-order valence-corrected chi connectivity index (χ1v) is 4.16. The molecule has 1 aromatic rings. The van der Waals surface area contributed by atoms with Crippen molar-refractivity contribution >= 4 is 5.97 Å². The van der Waals surface area contributed by atoms with E-state index < -0.39 is 22.8 Å². The van der Waals surface area contributed by atoms with Crippen molar-refractivity contribution in [2.24, 2.45) is 5.41 Å². The summed E-state index contributed by atoms with van der Waals surface area (Å²) >= 11 is 0. The summed E-state index contributed by atoms with van der Waals surface area (Å²) in [7, 11) is 0. The zero-order chi connectivity index (χ0) is 10.3. The highest BCUT2D eigenvalue weighted by molar-refractivity contribution is 5.77. The fraction of sp³-hybridized carbons (Fsp3) is 0.571. The molecule has 0 spiro atoms. The van der Waals surface area contributed by atoms with Gasteiger partial charge in [-0.05, 0) is 12.8 Å². The second kappa shape index (κ2) is 2.60. The van der Waals surface area contributed by atoms with Gasteiger partial charge < -0.3 is 5.11 Å². The van der Waals surface area contributed by atoms with Gasteiger partial charge in [0, 0.05) is 6.54 Å². The number of H-pyrrole nitrogens is 2. The molecule has 0 saturated heterocycles. The van der Waals surface area contributed by atoms with E-state index in [0.717, 1.165) is 4.57 Å². The molecule has 1 heterocycles. The molecule has 14 heavy (non-hydrogen) atoms. The van der Waals surface area contributed by atoms with Crippen molar-refractivity contribution in [2.75, 3.05) is 0 Å². The number of aromatic amines is 2. The first kappa shape index (κ1) is 8.79. The molecule has 0 aromatic carbocycles. The number of carbonyl (C=O) groups is 1. The van der Waals surface area contributed by atoms with Crippen LogP contribution in [0.3, 0.4) is 0 Å². The van der Waals surface area contributed by atoms with E-state index in [1.165, 1.54) is 0 Å². The van der Waals surface area contributed by atoms with Crippen LogP contribution in [-0.4, -0.2) is 25.8 Å². The third-order valence-corrected chi connectivity index (χ3v) is 2.53. The molecule has 0 aliphatic heterocycles. The van der Waals surface area contributed by atoms with E-state index in [0.29, 0.717) is 12.8 Å². The Bertz CT molecular complexity index is 448. The molecule has 0 amide bonds. The first-order valence-electron chi connectivity index (χ1n) is 4.16. The van der Waals surface area contributed by atoms with Crippen LogP contribution < -0.4 is 11.4 Å². The fourth-order valence-electron chi connectivity index (χ4n) is 1.37. The Morgan fingerprint density at radius 3 is 2.21 bits per heavy atom. The number of nitrogens with zero attached hydrogens (tertiary/aromatic N) is 1. The van der Waals surface area contributed by atoms with Gasteiger partial charge in [-0.1, -0.05) is 0 Å². The topological polar surface area (TPSA) is 108 Å². The minimum Gasteiger partial charge on any atom is -0.481 e. The van der Waals surface area contributed by atoms with E-state index in [2.05, 4.69) is 10.2 Å². The van der Waals surface area contributed by atoms with Crippen LogP contribution in [-0.2, 0) is 11.3 Å². The predicted molar refractivity (Wildman–Crippen MR) is 45.0 cm³/mol. The van der Waals surface area contributed by atoms with Crippen molar-refractivity contribution in [3.63, 3.8) is 0 Å². The van der Waals surface area contributed by atoms with Gasteiger partial charge in [0.05, 0.1) is 5.41 Å². The van der Waals surface area contributed by atoms with Gasteiger partial charge in [-0.15, -0.1) is 0 Å². The molecule has 1 saturated carbocycles. The van der Waals surface area contributed by atoms with Gasteiger partial charge in [0.15, 0.2) is 0 Å². The minimum atomic E-state index is -0.954. The van der Waals surface area contributed by atoms with Crippen molar-refractivity contribution in [2.45, 2.75) is 19.4 Å². The number of hydrogen-bond acceptors (Lipinski definition) is 3. The summed E-state index contributed by atoms with van der Waals surface area (Å²) < 4.78 is 0.876. The van der Waals surface area contributed by atoms with E-state index in [1.54, 1.807) is 0 Å². The van der Waals surface area contributed by atoms with Crippen molar-refractivity contribution < 1.29 is 9.90 Å². The first-order chi connectivity index (χ1) is 6.55. The average Bonchev–Trinajstić information content (AvgIpc) is 2.84. The Balaban J connectivity index is 2.32. The highest BCUT2D eigenvalue weighted by Gasteiger charge is 2.51. The highest BCUT2D eigenvalue weighted by Crippen LogP contribution is 2.46. The Kier molecular flexibility index (Phi) is 1.63. The molecule has 76 valence electrons. The van der Waals surface area contributed by atoms with Gasteiger partial charge in [-0.2, -0.15) is 0 Å². The molecular weight excluding hydrogens is 190 g/mol. The number of aromatic nitrogens is 3. The average molecular weight is 199 g/mol. The molecule has 0 bridgehead atoms. The maximum Gasteiger partial charge on any atom is 0.344 e. The second-order valence-electron chi connectivity index (χ2n) is 3.53. The van der Waals surface area contributed by atoms with Gasteiger partial charge in [0.1, 0.15) is 0 Å². The SMILES string of the molecule is O=C(O)C1(Cn2c(=O)[nH][nH]c2=O)CC1. The van der Waals surface area contributed by atoms with E-state index in [1.807, 2.05) is 0 Å². The largest absolute Gasteiger partial charge is 0.481 e. The Morgan fingerprint density at radius 1 is 1.36 bits per heavy atom. The second-order valence-corrected chi connectivity index (χ2v) is 3.53. The summed E-state index contributed by atoms with van der Waals surface area (Å²) in [6.07, 6.45) is 1.03. The van der Waals surface area contributed by atoms with Gasteiger partial charge in [-0.3, -0.25) is 4.79 Å². The molecule has 0 radical (unpaired) electrons. The molecule has 2 rings (SSSR count). The molecular formula is C7H9N3O4. The third kappa shape index (κ3) is 1.17. The lowest BCUT2D eigenvalue weighted by Gasteiger charge is -2.07. The highest BCUT2D eigenvalue weighted by atomic mass is 16.4. The molecule has 1 fully saturated rings. The quantitative estimate of drug-likeness (QED) is 0.564. The maximum atomic E-state index is 11.1. The third-order valence-electron chi connectivity index (χ3n) is 2.53. The van der Waals surface area contributed by atoms with Crippen LogP contribution in [0.5, 0.6) is 0 Å². The smallest absolute Gasteiger partial charge is 0.344 e. The van der Waals surface area contributed by atoms with E-state index in [-0.39, 0.29) is 6.54 Å². The summed E-state index contributed by atoms with van der Waals surface area (Å²) in [6, 6.07) is 0. The van der Waals surface area contributed by atoms with Crippen molar-refractivity contribution in [1.29, 1.82) is 0 Å². The minimum absolute atomic E-state index is 0.0556. The Hall–Kier alpha value is -1.79. The summed E-state index contributed by atoms with van der Waals surface area (Å²) in [5.41, 5.74) is -2.09. The zero-order valence-electron chi connectivity index (χ0n) is 7.24. The van der Waals surface area contributed by atoms with Crippen molar-refractivity contribution in [1.82, 2.24) is 14.8 Å². The molecule has 0 unspecified atom stereocenters. The summed E-state index contributed by atoms with van der Waals surface area (Å²) in [5.74, 6) is -0.954. The number of carboxylic acid groups (broad SMARTS) is 1. The van der Waals surface area contributed by atoms with Crippen LogP contribution in [0.25, 0.3) is 0 Å². The number of aliphatic carboxylic acids is 1. The van der Waals surface area contributed by atoms with Gasteiger partial charge >= 0.3 is 17.3 Å². The van der Waals surface area contributed by atoms with E-state index >= 15 is 0 Å². The van der Waals surface area contributed by atoms with E-state index in [9.17, 15) is 14.4 Å². The van der Waals surface area contributed by atoms with Crippen LogP contribution in [0.4, 0.5) is 0 Å². The summed E-state index contributed by atoms with van der Waals surface area (Å²) in [5, 5.41) is 13.1. The number of nitrogens with one attached hydrogen (secondary N) is 2. The van der Waals surface area contributed by atoms with Gasteiger partial charge in [-0.25, -0.2) is 24.4 Å². The monoisotopic (exact) mass is 199 g/mol. The van der Waals surface area contributed by atoms with E-state index in [4.69, 9.17) is 5.11 Å². The number of rotatable bonds is 3. The Morgan fingerprint density at radius 2 is 1.86 bits per heavy atom. The normalized spacial score (nSPS) is 18.0. The fourth-order valence-corrected chi connectivity index (χ4v) is 1.37. The van der Waals surface area contributed by atoms with Crippen LogP contribution >= 0.6 is 0 Å². The standard InChI is InChI=1S/C7H9N3O4/c11-4(12)7(1-2-7)3-10-5(13)8-9-6(10)14/h1-3H2,(H,8,13)(H,9,14)(H,11,12). The van der Waals surface area contributed by atoms with Crippen molar-refractivity contribution in [3.05, 3.63) is 21.0 Å². The zero-order valence-corrected chi connectivity index (χ0v) is 7.24.